The highest BCUT2D eigenvalue weighted by Crippen LogP contribution is 2.23. The van der Waals surface area contributed by atoms with Crippen LogP contribution in [-0.4, -0.2) is 24.0 Å². The molecule has 0 spiro atoms. The molecule has 5 nitrogen and oxygen atoms in total. The van der Waals surface area contributed by atoms with Crippen molar-refractivity contribution in [3.8, 4) is 0 Å². The molecule has 3 aromatic rings. The maximum Gasteiger partial charge on any atom is 0.228 e. The van der Waals surface area contributed by atoms with E-state index in [2.05, 4.69) is 44.8 Å². The predicted octanol–water partition coefficient (Wildman–Crippen LogP) is 4.92. The van der Waals surface area contributed by atoms with E-state index in [9.17, 15) is 4.79 Å². The summed E-state index contributed by atoms with van der Waals surface area (Å²) in [7, 11) is 0. The maximum absolute atomic E-state index is 12.2. The zero-order valence-corrected chi connectivity index (χ0v) is 16.7. The zero-order valence-electron chi connectivity index (χ0n) is 16.7. The number of hydrogen-bond donors (Lipinski definition) is 2. The molecule has 1 amide bonds. The average molecular weight is 386 g/mol. The van der Waals surface area contributed by atoms with E-state index >= 15 is 0 Å². The van der Waals surface area contributed by atoms with E-state index in [1.165, 1.54) is 24.1 Å². The van der Waals surface area contributed by atoms with E-state index in [1.54, 1.807) is 6.20 Å². The van der Waals surface area contributed by atoms with Crippen molar-refractivity contribution in [2.24, 2.45) is 0 Å². The van der Waals surface area contributed by atoms with Crippen LogP contribution in [0.15, 0.2) is 66.9 Å². The second-order valence-corrected chi connectivity index (χ2v) is 7.51. The van der Waals surface area contributed by atoms with Gasteiger partial charge in [-0.3, -0.25) is 4.79 Å². The highest BCUT2D eigenvalue weighted by molar-refractivity contribution is 5.92. The van der Waals surface area contributed by atoms with Crippen molar-refractivity contribution in [1.82, 2.24) is 4.98 Å². The Morgan fingerprint density at radius 2 is 1.62 bits per heavy atom. The Bertz CT molecular complexity index is 944. The van der Waals surface area contributed by atoms with Gasteiger partial charge in [0.15, 0.2) is 0 Å². The molecule has 0 unspecified atom stereocenters. The van der Waals surface area contributed by atoms with E-state index in [4.69, 9.17) is 0 Å². The number of nitrogens with zero attached hydrogens (tertiary/aromatic N) is 2. The molecule has 0 aliphatic carbocycles. The predicted molar refractivity (Wildman–Crippen MR) is 119 cm³/mol. The van der Waals surface area contributed by atoms with Crippen molar-refractivity contribution in [2.45, 2.75) is 26.2 Å². The molecule has 0 atom stereocenters. The summed E-state index contributed by atoms with van der Waals surface area (Å²) in [6.45, 7) is 4.32. The molecule has 1 aromatic heterocycles. The Labute approximate surface area is 171 Å². The summed E-state index contributed by atoms with van der Waals surface area (Å²) in [5.41, 5.74) is 5.14. The smallest absolute Gasteiger partial charge is 0.228 e. The molecule has 1 aliphatic heterocycles. The number of amides is 1. The SMILES string of the molecule is Cc1ccc(CC(=O)Nc2ccc(Nc3ccc(N4CCCC4)cc3)nc2)cc1. The van der Waals surface area contributed by atoms with Crippen LogP contribution in [0.25, 0.3) is 0 Å². The lowest BCUT2D eigenvalue weighted by Crippen LogP contribution is -2.17. The number of pyridine rings is 1. The van der Waals surface area contributed by atoms with Gasteiger partial charge in [0.25, 0.3) is 0 Å². The minimum absolute atomic E-state index is 0.0473. The number of aromatic nitrogens is 1. The van der Waals surface area contributed by atoms with Crippen molar-refractivity contribution in [3.05, 3.63) is 78.0 Å². The third-order valence-corrected chi connectivity index (χ3v) is 5.14. The first-order chi connectivity index (χ1) is 14.2. The molecule has 2 N–H and O–H groups in total. The number of nitrogens with one attached hydrogen (secondary N) is 2. The van der Waals surface area contributed by atoms with Crippen LogP contribution in [0.2, 0.25) is 0 Å². The molecule has 5 heteroatoms. The Hall–Kier alpha value is -3.34. The van der Waals surface area contributed by atoms with Crippen LogP contribution >= 0.6 is 0 Å². The van der Waals surface area contributed by atoms with E-state index in [-0.39, 0.29) is 5.91 Å². The Morgan fingerprint density at radius 3 is 2.28 bits per heavy atom. The van der Waals surface area contributed by atoms with Gasteiger partial charge in [0.2, 0.25) is 5.91 Å². The van der Waals surface area contributed by atoms with Crippen LogP contribution in [0.3, 0.4) is 0 Å². The van der Waals surface area contributed by atoms with Crippen LogP contribution in [0, 0.1) is 6.92 Å². The van der Waals surface area contributed by atoms with Crippen LogP contribution in [-0.2, 0) is 11.2 Å². The standard InChI is InChI=1S/C24H26N4O/c1-18-4-6-19(7-5-18)16-24(29)27-21-10-13-23(25-17-21)26-20-8-11-22(12-9-20)28-14-2-3-15-28/h4-13,17H,2-3,14-16H2,1H3,(H,25,26)(H,27,29). The highest BCUT2D eigenvalue weighted by Gasteiger charge is 2.11. The first kappa shape index (κ1) is 19.0. The molecule has 2 aromatic carbocycles. The summed E-state index contributed by atoms with van der Waals surface area (Å²) >= 11 is 0. The molecular formula is C24H26N4O. The fourth-order valence-electron chi connectivity index (χ4n) is 3.52. The Morgan fingerprint density at radius 1 is 0.931 bits per heavy atom. The maximum atomic E-state index is 12.2. The molecule has 1 fully saturated rings. The van der Waals surface area contributed by atoms with Crippen molar-refractivity contribution < 1.29 is 4.79 Å². The largest absolute Gasteiger partial charge is 0.372 e. The van der Waals surface area contributed by atoms with Gasteiger partial charge in [-0.25, -0.2) is 4.98 Å². The number of aryl methyl sites for hydroxylation is 1. The summed E-state index contributed by atoms with van der Waals surface area (Å²) < 4.78 is 0. The van der Waals surface area contributed by atoms with Gasteiger partial charge in [0.1, 0.15) is 5.82 Å². The lowest BCUT2D eigenvalue weighted by atomic mass is 10.1. The molecule has 0 radical (unpaired) electrons. The topological polar surface area (TPSA) is 57.3 Å². The molecule has 1 saturated heterocycles. The Kier molecular flexibility index (Phi) is 5.75. The number of carbonyl (C=O) groups excluding carboxylic acids is 1. The van der Waals surface area contributed by atoms with Crippen molar-refractivity contribution >= 4 is 28.8 Å². The van der Waals surface area contributed by atoms with E-state index in [0.717, 1.165) is 30.2 Å². The van der Waals surface area contributed by atoms with Crippen molar-refractivity contribution in [2.75, 3.05) is 28.6 Å². The summed E-state index contributed by atoms with van der Waals surface area (Å²) in [5.74, 6) is 0.698. The zero-order chi connectivity index (χ0) is 20.1. The van der Waals surface area contributed by atoms with Crippen LogP contribution in [0.4, 0.5) is 22.9 Å². The quantitative estimate of drug-likeness (QED) is 0.632. The normalized spacial score (nSPS) is 13.3. The van der Waals surface area contributed by atoms with Crippen molar-refractivity contribution in [3.63, 3.8) is 0 Å². The third-order valence-electron chi connectivity index (χ3n) is 5.14. The van der Waals surface area contributed by atoms with Gasteiger partial charge < -0.3 is 15.5 Å². The molecule has 148 valence electrons. The fraction of sp³-hybridized carbons (Fsp3) is 0.250. The molecule has 4 rings (SSSR count). The molecule has 1 aliphatic rings. The number of benzene rings is 2. The molecule has 0 saturated carbocycles. The second-order valence-electron chi connectivity index (χ2n) is 7.51. The monoisotopic (exact) mass is 386 g/mol. The number of hydrogen-bond acceptors (Lipinski definition) is 4. The van der Waals surface area contributed by atoms with Gasteiger partial charge in [-0.2, -0.15) is 0 Å². The second kappa shape index (κ2) is 8.78. The summed E-state index contributed by atoms with van der Waals surface area (Å²) in [6.07, 6.45) is 4.58. The van der Waals surface area contributed by atoms with Gasteiger partial charge in [0.05, 0.1) is 18.3 Å². The minimum atomic E-state index is -0.0473. The van der Waals surface area contributed by atoms with Gasteiger partial charge >= 0.3 is 0 Å². The van der Waals surface area contributed by atoms with E-state index in [1.807, 2.05) is 43.3 Å². The summed E-state index contributed by atoms with van der Waals surface area (Å²) in [6, 6.07) is 20.2. The number of carbonyl (C=O) groups is 1. The van der Waals surface area contributed by atoms with E-state index in [0.29, 0.717) is 12.1 Å². The van der Waals surface area contributed by atoms with Crippen molar-refractivity contribution in [1.29, 1.82) is 0 Å². The summed E-state index contributed by atoms with van der Waals surface area (Å²) in [4.78, 5) is 19.0. The van der Waals surface area contributed by atoms with Gasteiger partial charge in [-0.15, -0.1) is 0 Å². The van der Waals surface area contributed by atoms with Crippen LogP contribution in [0.5, 0.6) is 0 Å². The molecular weight excluding hydrogens is 360 g/mol. The van der Waals surface area contributed by atoms with Gasteiger partial charge in [-0.05, 0) is 61.7 Å². The van der Waals surface area contributed by atoms with Gasteiger partial charge in [-0.1, -0.05) is 29.8 Å². The first-order valence-electron chi connectivity index (χ1n) is 10.1. The highest BCUT2D eigenvalue weighted by atomic mass is 16.1. The van der Waals surface area contributed by atoms with E-state index < -0.39 is 0 Å². The first-order valence-corrected chi connectivity index (χ1v) is 10.1. The third kappa shape index (κ3) is 5.13. The fourth-order valence-corrected chi connectivity index (χ4v) is 3.52. The lowest BCUT2D eigenvalue weighted by Gasteiger charge is -2.17. The molecule has 2 heterocycles. The van der Waals surface area contributed by atoms with Crippen LogP contribution < -0.4 is 15.5 Å². The van der Waals surface area contributed by atoms with Crippen LogP contribution in [0.1, 0.15) is 24.0 Å². The molecule has 29 heavy (non-hydrogen) atoms. The summed E-state index contributed by atoms with van der Waals surface area (Å²) in [5, 5.41) is 6.21. The lowest BCUT2D eigenvalue weighted by molar-refractivity contribution is -0.115. The number of rotatable bonds is 6. The Balaban J connectivity index is 1.31. The van der Waals surface area contributed by atoms with Gasteiger partial charge in [0, 0.05) is 24.5 Å². The average Bonchev–Trinajstić information content (AvgIpc) is 3.27. The minimum Gasteiger partial charge on any atom is -0.372 e. The molecule has 0 bridgehead atoms. The number of anilines is 4.